The van der Waals surface area contributed by atoms with Crippen molar-refractivity contribution in [2.24, 2.45) is 0 Å². The van der Waals surface area contributed by atoms with Crippen LogP contribution in [0.5, 0.6) is 0 Å². The lowest BCUT2D eigenvalue weighted by Gasteiger charge is -2.07. The van der Waals surface area contributed by atoms with Gasteiger partial charge in [0.25, 0.3) is 9.70 Å². The third-order valence-corrected chi connectivity index (χ3v) is 2.82. The second-order valence-corrected chi connectivity index (χ2v) is 5.70. The number of aromatic nitrogens is 2. The number of halogens is 4. The second kappa shape index (κ2) is 4.81. The van der Waals surface area contributed by atoms with Crippen molar-refractivity contribution in [3.63, 3.8) is 0 Å². The Balaban J connectivity index is 2.65. The van der Waals surface area contributed by atoms with Gasteiger partial charge in [-0.1, -0.05) is 46.1 Å². The summed E-state index contributed by atoms with van der Waals surface area (Å²) in [6, 6.07) is 0. The number of nitrogens with one attached hydrogen (secondary N) is 1. The van der Waals surface area contributed by atoms with E-state index < -0.39 is 9.70 Å². The van der Waals surface area contributed by atoms with Gasteiger partial charge in [0.2, 0.25) is 5.13 Å². The molecule has 0 atom stereocenters. The largest absolute Gasteiger partial charge is 0.297 e. The van der Waals surface area contributed by atoms with Crippen molar-refractivity contribution in [2.45, 2.75) is 9.67 Å². The molecular formula is C5H3Cl4N3OS. The van der Waals surface area contributed by atoms with Gasteiger partial charge in [-0.3, -0.25) is 10.1 Å². The Morgan fingerprint density at radius 2 is 2.07 bits per heavy atom. The second-order valence-electron chi connectivity index (χ2n) is 2.09. The van der Waals surface area contributed by atoms with Crippen molar-refractivity contribution in [3.8, 4) is 0 Å². The molecule has 0 saturated carbocycles. The molecule has 14 heavy (non-hydrogen) atoms. The maximum Gasteiger partial charge on any atom is 0.278 e. The third-order valence-electron chi connectivity index (χ3n) is 1.06. The predicted molar refractivity (Wildman–Crippen MR) is 58.4 cm³/mol. The van der Waals surface area contributed by atoms with Crippen LogP contribution in [0.3, 0.4) is 0 Å². The van der Waals surface area contributed by atoms with Crippen molar-refractivity contribution in [1.29, 1.82) is 0 Å². The fraction of sp³-hybridized carbons (Fsp3) is 0.400. The van der Waals surface area contributed by atoms with Gasteiger partial charge in [-0.15, -0.1) is 21.8 Å². The molecular weight excluding hydrogens is 292 g/mol. The van der Waals surface area contributed by atoms with Gasteiger partial charge in [0.05, 0.1) is 5.88 Å². The molecule has 0 aliphatic heterocycles. The third kappa shape index (κ3) is 3.40. The fourth-order valence-electron chi connectivity index (χ4n) is 0.526. The molecule has 1 rings (SSSR count). The quantitative estimate of drug-likeness (QED) is 0.853. The van der Waals surface area contributed by atoms with Gasteiger partial charge in [-0.2, -0.15) is 0 Å². The van der Waals surface area contributed by atoms with Crippen molar-refractivity contribution < 1.29 is 4.79 Å². The van der Waals surface area contributed by atoms with Gasteiger partial charge in [0.15, 0.2) is 0 Å². The van der Waals surface area contributed by atoms with Crippen LogP contribution in [-0.4, -0.2) is 19.9 Å². The highest BCUT2D eigenvalue weighted by Crippen LogP contribution is 2.28. The minimum Gasteiger partial charge on any atom is -0.297 e. The van der Waals surface area contributed by atoms with Crippen LogP contribution in [0.4, 0.5) is 5.13 Å². The van der Waals surface area contributed by atoms with Crippen molar-refractivity contribution in [3.05, 3.63) is 5.01 Å². The summed E-state index contributed by atoms with van der Waals surface area (Å²) in [6.07, 6.45) is 0. The van der Waals surface area contributed by atoms with E-state index in [2.05, 4.69) is 15.5 Å². The molecule has 0 saturated heterocycles. The topological polar surface area (TPSA) is 54.9 Å². The number of amides is 1. The molecule has 1 aromatic rings. The zero-order valence-electron chi connectivity index (χ0n) is 6.43. The van der Waals surface area contributed by atoms with Gasteiger partial charge in [-0.05, 0) is 0 Å². The number of hydrogen-bond donors (Lipinski definition) is 1. The molecule has 0 fully saturated rings. The zero-order chi connectivity index (χ0) is 10.8. The average Bonchev–Trinajstić information content (AvgIpc) is 2.50. The van der Waals surface area contributed by atoms with Gasteiger partial charge >= 0.3 is 0 Å². The average molecular weight is 295 g/mol. The SMILES string of the molecule is O=C(Nc1nnc(CCl)s1)C(Cl)(Cl)Cl. The smallest absolute Gasteiger partial charge is 0.278 e. The monoisotopic (exact) mass is 293 g/mol. The van der Waals surface area contributed by atoms with Crippen LogP contribution in [-0.2, 0) is 10.7 Å². The Hall–Kier alpha value is 0.190. The molecule has 1 amide bonds. The molecule has 9 heteroatoms. The minimum atomic E-state index is -2.01. The number of hydrogen-bond acceptors (Lipinski definition) is 4. The maximum absolute atomic E-state index is 11.1. The van der Waals surface area contributed by atoms with Crippen LogP contribution < -0.4 is 5.32 Å². The molecule has 0 aliphatic rings. The lowest BCUT2D eigenvalue weighted by molar-refractivity contribution is -0.115. The van der Waals surface area contributed by atoms with Crippen LogP contribution in [0.25, 0.3) is 0 Å². The van der Waals surface area contributed by atoms with Crippen LogP contribution in [0.1, 0.15) is 5.01 Å². The first-order valence-corrected chi connectivity index (χ1v) is 5.68. The summed E-state index contributed by atoms with van der Waals surface area (Å²) in [4.78, 5) is 11.1. The Labute approximate surface area is 103 Å². The molecule has 78 valence electrons. The number of anilines is 1. The van der Waals surface area contributed by atoms with Crippen LogP contribution in [0, 0.1) is 0 Å². The Bertz CT molecular complexity index is 336. The van der Waals surface area contributed by atoms with Crippen LogP contribution in [0.15, 0.2) is 0 Å². The molecule has 0 unspecified atom stereocenters. The maximum atomic E-state index is 11.1. The van der Waals surface area contributed by atoms with E-state index in [0.717, 1.165) is 11.3 Å². The first kappa shape index (κ1) is 12.3. The normalized spacial score (nSPS) is 11.4. The summed E-state index contributed by atoms with van der Waals surface area (Å²) < 4.78 is -2.01. The van der Waals surface area contributed by atoms with E-state index >= 15 is 0 Å². The summed E-state index contributed by atoms with van der Waals surface area (Å²) in [5, 5.41) is 10.4. The van der Waals surface area contributed by atoms with E-state index in [0.29, 0.717) is 5.01 Å². The highest BCUT2D eigenvalue weighted by atomic mass is 35.6. The van der Waals surface area contributed by atoms with Crippen molar-refractivity contribution in [2.75, 3.05) is 5.32 Å². The summed E-state index contributed by atoms with van der Waals surface area (Å²) >= 11 is 22.6. The number of alkyl halides is 4. The first-order chi connectivity index (χ1) is 6.43. The predicted octanol–water partition coefficient (Wildman–Crippen LogP) is 2.59. The Morgan fingerprint density at radius 1 is 1.43 bits per heavy atom. The summed E-state index contributed by atoms with van der Waals surface area (Å²) in [5.74, 6) is -0.554. The summed E-state index contributed by atoms with van der Waals surface area (Å²) in [6.45, 7) is 0. The molecule has 0 bridgehead atoms. The number of nitrogens with zero attached hydrogens (tertiary/aromatic N) is 2. The molecule has 4 nitrogen and oxygen atoms in total. The van der Waals surface area contributed by atoms with E-state index in [9.17, 15) is 4.79 Å². The molecule has 0 spiro atoms. The van der Waals surface area contributed by atoms with Crippen LogP contribution >= 0.6 is 57.7 Å². The van der Waals surface area contributed by atoms with Crippen molar-refractivity contribution >= 4 is 68.8 Å². The number of carbonyl (C=O) groups is 1. The van der Waals surface area contributed by atoms with E-state index in [1.54, 1.807) is 0 Å². The first-order valence-electron chi connectivity index (χ1n) is 3.20. The van der Waals surface area contributed by atoms with Gasteiger partial charge < -0.3 is 0 Å². The molecule has 0 radical (unpaired) electrons. The highest BCUT2D eigenvalue weighted by Gasteiger charge is 2.31. The Morgan fingerprint density at radius 3 is 2.50 bits per heavy atom. The summed E-state index contributed by atoms with van der Waals surface area (Å²) in [5.41, 5.74) is 0. The molecule has 1 N–H and O–H groups in total. The lowest BCUT2D eigenvalue weighted by atomic mass is 10.7. The summed E-state index contributed by atoms with van der Waals surface area (Å²) in [7, 11) is 0. The van der Waals surface area contributed by atoms with Gasteiger partial charge in [0.1, 0.15) is 5.01 Å². The van der Waals surface area contributed by atoms with Gasteiger partial charge in [-0.25, -0.2) is 0 Å². The lowest BCUT2D eigenvalue weighted by Crippen LogP contribution is -2.26. The zero-order valence-corrected chi connectivity index (χ0v) is 10.3. The highest BCUT2D eigenvalue weighted by molar-refractivity contribution is 7.15. The van der Waals surface area contributed by atoms with E-state index in [1.807, 2.05) is 0 Å². The number of carbonyl (C=O) groups excluding carboxylic acids is 1. The fourth-order valence-corrected chi connectivity index (χ4v) is 1.47. The van der Waals surface area contributed by atoms with E-state index in [-0.39, 0.29) is 11.0 Å². The van der Waals surface area contributed by atoms with E-state index in [4.69, 9.17) is 46.4 Å². The minimum absolute atomic E-state index is 0.224. The standard InChI is InChI=1S/C5H3Cl4N3OS/c6-1-2-11-12-4(14-2)10-3(13)5(7,8)9/h1H2,(H,10,12,13). The van der Waals surface area contributed by atoms with Crippen molar-refractivity contribution in [1.82, 2.24) is 10.2 Å². The van der Waals surface area contributed by atoms with Gasteiger partial charge in [0, 0.05) is 0 Å². The molecule has 1 heterocycles. The van der Waals surface area contributed by atoms with E-state index in [1.165, 1.54) is 0 Å². The molecule has 1 aromatic heterocycles. The van der Waals surface area contributed by atoms with Crippen LogP contribution in [0.2, 0.25) is 0 Å². The molecule has 0 aliphatic carbocycles. The Kier molecular flexibility index (Phi) is 4.21. The number of rotatable bonds is 2. The molecule has 0 aromatic carbocycles.